The van der Waals surface area contributed by atoms with Gasteiger partial charge < -0.3 is 19.7 Å². The van der Waals surface area contributed by atoms with Crippen molar-refractivity contribution in [1.29, 1.82) is 0 Å². The van der Waals surface area contributed by atoms with Crippen molar-refractivity contribution in [3.05, 3.63) is 0 Å². The van der Waals surface area contributed by atoms with Crippen LogP contribution in [0.3, 0.4) is 0 Å². The van der Waals surface area contributed by atoms with Crippen molar-refractivity contribution in [2.45, 2.75) is 58.5 Å². The van der Waals surface area contributed by atoms with Crippen LogP contribution in [-0.4, -0.2) is 29.6 Å². The highest BCUT2D eigenvalue weighted by atomic mass is 16.9. The van der Waals surface area contributed by atoms with Crippen molar-refractivity contribution in [2.24, 2.45) is 0 Å². The third-order valence-electron chi connectivity index (χ3n) is 2.08. The van der Waals surface area contributed by atoms with E-state index in [0.29, 0.717) is 13.2 Å². The van der Waals surface area contributed by atoms with Gasteiger partial charge in [0.15, 0.2) is 0 Å². The first kappa shape index (κ1) is 14.8. The highest BCUT2D eigenvalue weighted by molar-refractivity contribution is 4.40. The number of hydrogen-bond acceptors (Lipinski definition) is 4. The van der Waals surface area contributed by atoms with E-state index >= 15 is 0 Å². The van der Waals surface area contributed by atoms with E-state index in [9.17, 15) is 10.2 Å². The highest BCUT2D eigenvalue weighted by Crippen LogP contribution is 2.08. The quantitative estimate of drug-likeness (QED) is 0.436. The average Bonchev–Trinajstić information content (AvgIpc) is 2.20. The summed E-state index contributed by atoms with van der Waals surface area (Å²) in [4.78, 5) is 0. The summed E-state index contributed by atoms with van der Waals surface area (Å²) in [5.74, 6) is 0. The number of rotatable bonds is 10. The van der Waals surface area contributed by atoms with Gasteiger partial charge in [-0.2, -0.15) is 0 Å². The summed E-state index contributed by atoms with van der Waals surface area (Å²) in [5, 5.41) is 18.4. The topological polar surface area (TPSA) is 58.9 Å². The molecule has 15 heavy (non-hydrogen) atoms. The molecule has 0 aromatic rings. The second-order valence-electron chi connectivity index (χ2n) is 3.66. The Hall–Kier alpha value is -0.160. The Labute approximate surface area is 92.2 Å². The van der Waals surface area contributed by atoms with Crippen LogP contribution in [0.2, 0.25) is 0 Å². The van der Waals surface area contributed by atoms with Crippen LogP contribution >= 0.6 is 0 Å². The maximum atomic E-state index is 9.22. The molecule has 0 atom stereocenters. The number of unbranched alkanes of at least 4 members (excludes halogenated alkanes) is 4. The molecule has 0 aliphatic rings. The molecule has 0 aliphatic carbocycles. The van der Waals surface area contributed by atoms with E-state index in [0.717, 1.165) is 38.5 Å². The van der Waals surface area contributed by atoms with E-state index < -0.39 is 6.16 Å². The van der Waals surface area contributed by atoms with Gasteiger partial charge in [-0.1, -0.05) is 39.5 Å². The first-order valence-corrected chi connectivity index (χ1v) is 5.85. The van der Waals surface area contributed by atoms with Crippen molar-refractivity contribution in [2.75, 3.05) is 13.2 Å². The summed E-state index contributed by atoms with van der Waals surface area (Å²) in [7, 11) is 0. The molecule has 0 radical (unpaired) electrons. The molecule has 0 bridgehead atoms. The van der Waals surface area contributed by atoms with E-state index in [1.165, 1.54) is 0 Å². The van der Waals surface area contributed by atoms with Gasteiger partial charge in [-0.05, 0) is 12.8 Å². The van der Waals surface area contributed by atoms with E-state index in [2.05, 4.69) is 13.8 Å². The third kappa shape index (κ3) is 10.1. The van der Waals surface area contributed by atoms with Gasteiger partial charge in [0.2, 0.25) is 0 Å². The van der Waals surface area contributed by atoms with Gasteiger partial charge in [-0.15, -0.1) is 0 Å². The smallest absolute Gasteiger partial charge is 0.319 e. The zero-order chi connectivity index (χ0) is 11.6. The molecule has 4 heteroatoms. The first-order valence-electron chi connectivity index (χ1n) is 5.85. The Kier molecular flexibility index (Phi) is 9.00. The Bertz CT molecular complexity index is 123. The monoisotopic (exact) mass is 220 g/mol. The molecule has 0 amide bonds. The van der Waals surface area contributed by atoms with Crippen molar-refractivity contribution < 1.29 is 19.7 Å². The van der Waals surface area contributed by atoms with Gasteiger partial charge in [-0.25, -0.2) is 0 Å². The van der Waals surface area contributed by atoms with Gasteiger partial charge in [-0.3, -0.25) is 0 Å². The van der Waals surface area contributed by atoms with Crippen molar-refractivity contribution >= 4 is 0 Å². The van der Waals surface area contributed by atoms with Crippen LogP contribution in [-0.2, 0) is 9.47 Å². The maximum absolute atomic E-state index is 9.22. The summed E-state index contributed by atoms with van der Waals surface area (Å²) in [6, 6.07) is 0. The molecule has 0 saturated carbocycles. The van der Waals surface area contributed by atoms with Crippen LogP contribution in [0, 0.1) is 0 Å². The van der Waals surface area contributed by atoms with Crippen LogP contribution in [0.25, 0.3) is 0 Å². The minimum atomic E-state index is -2.40. The second kappa shape index (κ2) is 9.09. The Balaban J connectivity index is 3.40. The molecule has 0 spiro atoms. The van der Waals surface area contributed by atoms with Crippen molar-refractivity contribution in [3.63, 3.8) is 0 Å². The van der Waals surface area contributed by atoms with E-state index in [1.54, 1.807) is 0 Å². The largest absolute Gasteiger partial charge is 0.407 e. The Morgan fingerprint density at radius 2 is 1.20 bits per heavy atom. The normalized spacial score (nSPS) is 12.0. The predicted octanol–water partition coefficient (Wildman–Crippen LogP) is 2.00. The van der Waals surface area contributed by atoms with Gasteiger partial charge >= 0.3 is 6.16 Å². The fourth-order valence-corrected chi connectivity index (χ4v) is 1.16. The minimum absolute atomic E-state index is 0.314. The Morgan fingerprint density at radius 1 is 0.800 bits per heavy atom. The summed E-state index contributed by atoms with van der Waals surface area (Å²) in [5.41, 5.74) is 0. The molecule has 0 heterocycles. The van der Waals surface area contributed by atoms with E-state index in [1.807, 2.05) is 0 Å². The molecule has 2 N–H and O–H groups in total. The van der Waals surface area contributed by atoms with Crippen LogP contribution in [0.1, 0.15) is 52.4 Å². The van der Waals surface area contributed by atoms with Crippen LogP contribution in [0.4, 0.5) is 0 Å². The molecule has 0 aliphatic heterocycles. The minimum Gasteiger partial charge on any atom is -0.319 e. The van der Waals surface area contributed by atoms with Crippen LogP contribution in [0.5, 0.6) is 0 Å². The summed E-state index contributed by atoms with van der Waals surface area (Å²) in [6.45, 7) is 4.78. The number of aliphatic hydroxyl groups is 2. The van der Waals surface area contributed by atoms with Gasteiger partial charge in [0.1, 0.15) is 0 Å². The molecule has 0 aromatic carbocycles. The molecule has 92 valence electrons. The van der Waals surface area contributed by atoms with Gasteiger partial charge in [0.25, 0.3) is 0 Å². The molecular weight excluding hydrogens is 196 g/mol. The van der Waals surface area contributed by atoms with Crippen molar-refractivity contribution in [3.8, 4) is 0 Å². The number of ether oxygens (including phenoxy) is 2. The SMILES string of the molecule is CCCCCOC(O)(O)OCCCCC. The molecule has 0 fully saturated rings. The molecular formula is C11H24O4. The lowest BCUT2D eigenvalue weighted by molar-refractivity contribution is -0.470. The van der Waals surface area contributed by atoms with Crippen molar-refractivity contribution in [1.82, 2.24) is 0 Å². The Morgan fingerprint density at radius 3 is 1.53 bits per heavy atom. The summed E-state index contributed by atoms with van der Waals surface area (Å²) >= 11 is 0. The zero-order valence-corrected chi connectivity index (χ0v) is 9.87. The lowest BCUT2D eigenvalue weighted by Crippen LogP contribution is -2.36. The van der Waals surface area contributed by atoms with Crippen LogP contribution < -0.4 is 0 Å². The van der Waals surface area contributed by atoms with Gasteiger partial charge in [0, 0.05) is 0 Å². The van der Waals surface area contributed by atoms with Crippen LogP contribution in [0.15, 0.2) is 0 Å². The fraction of sp³-hybridized carbons (Fsp3) is 1.00. The molecule has 0 saturated heterocycles. The average molecular weight is 220 g/mol. The predicted molar refractivity (Wildman–Crippen MR) is 58.1 cm³/mol. The zero-order valence-electron chi connectivity index (χ0n) is 9.87. The number of hydrogen-bond donors (Lipinski definition) is 2. The summed E-state index contributed by atoms with van der Waals surface area (Å²) < 4.78 is 9.60. The van der Waals surface area contributed by atoms with E-state index in [-0.39, 0.29) is 0 Å². The lowest BCUT2D eigenvalue weighted by Gasteiger charge is -2.21. The second-order valence-corrected chi connectivity index (χ2v) is 3.66. The fourth-order valence-electron chi connectivity index (χ4n) is 1.16. The van der Waals surface area contributed by atoms with Gasteiger partial charge in [0.05, 0.1) is 13.2 Å². The lowest BCUT2D eigenvalue weighted by atomic mass is 10.3. The molecule has 4 nitrogen and oxygen atoms in total. The maximum Gasteiger partial charge on any atom is 0.407 e. The first-order chi connectivity index (χ1) is 7.12. The molecule has 0 aromatic heterocycles. The third-order valence-corrected chi connectivity index (χ3v) is 2.08. The standard InChI is InChI=1S/C11H24O4/c1-3-5-7-9-14-11(12,13)15-10-8-6-4-2/h12-13H,3-10H2,1-2H3. The van der Waals surface area contributed by atoms with E-state index in [4.69, 9.17) is 9.47 Å². The highest BCUT2D eigenvalue weighted by Gasteiger charge is 2.24. The summed E-state index contributed by atoms with van der Waals surface area (Å²) in [6.07, 6.45) is 3.42. The molecule has 0 unspecified atom stereocenters. The molecule has 0 rings (SSSR count).